The molecule has 1 aliphatic rings. The molecule has 2 unspecified atom stereocenters. The second kappa shape index (κ2) is 6.69. The van der Waals surface area contributed by atoms with Crippen LogP contribution in [-0.2, 0) is 0 Å². The predicted molar refractivity (Wildman–Crippen MR) is 76.3 cm³/mol. The Hall–Kier alpha value is -1.23. The Morgan fingerprint density at radius 2 is 1.76 bits per heavy atom. The summed E-state index contributed by atoms with van der Waals surface area (Å²) in [5.74, 6) is -0.483. The van der Waals surface area contributed by atoms with Crippen molar-refractivity contribution in [2.45, 2.75) is 50.9 Å². The smallest absolute Gasteiger partial charge is 0.393 e. The van der Waals surface area contributed by atoms with Crippen molar-refractivity contribution in [1.82, 2.24) is 5.32 Å². The fraction of sp³-hybridized carbons (Fsp3) is 0.625. The molecule has 2 rings (SSSR count). The summed E-state index contributed by atoms with van der Waals surface area (Å²) in [6, 6.07) is 6.84. The Morgan fingerprint density at radius 3 is 2.33 bits per heavy atom. The lowest BCUT2D eigenvalue weighted by Crippen LogP contribution is -2.46. The molecule has 5 heteroatoms. The lowest BCUT2D eigenvalue weighted by Gasteiger charge is -2.35. The van der Waals surface area contributed by atoms with Crippen LogP contribution in [0.1, 0.15) is 44.2 Å². The molecule has 21 heavy (non-hydrogen) atoms. The quantitative estimate of drug-likeness (QED) is 0.886. The molecule has 3 atom stereocenters. The van der Waals surface area contributed by atoms with Crippen LogP contribution in [0.5, 0.6) is 5.75 Å². The Bertz CT molecular complexity index is 444. The summed E-state index contributed by atoms with van der Waals surface area (Å²) in [4.78, 5) is 0. The molecular weight excluding hydrogens is 279 g/mol. The molecule has 0 spiro atoms. The highest BCUT2D eigenvalue weighted by atomic mass is 19.4. The van der Waals surface area contributed by atoms with Crippen molar-refractivity contribution in [3.8, 4) is 5.75 Å². The van der Waals surface area contributed by atoms with Gasteiger partial charge in [-0.1, -0.05) is 25.0 Å². The number of hydrogen-bond acceptors (Lipinski definition) is 2. The molecule has 1 N–H and O–H groups in total. The highest BCUT2D eigenvalue weighted by molar-refractivity contribution is 5.28. The third-order valence-electron chi connectivity index (χ3n) is 4.27. The second-order valence-electron chi connectivity index (χ2n) is 5.70. The van der Waals surface area contributed by atoms with Gasteiger partial charge in [0.05, 0.1) is 13.0 Å². The topological polar surface area (TPSA) is 21.3 Å². The normalized spacial score (nSPS) is 24.6. The third kappa shape index (κ3) is 4.13. The minimum atomic E-state index is -4.11. The summed E-state index contributed by atoms with van der Waals surface area (Å²) >= 11 is 0. The van der Waals surface area contributed by atoms with Crippen molar-refractivity contribution >= 4 is 0 Å². The number of alkyl halides is 3. The number of hydrogen-bond donors (Lipinski definition) is 1. The van der Waals surface area contributed by atoms with Crippen molar-refractivity contribution in [3.63, 3.8) is 0 Å². The zero-order valence-corrected chi connectivity index (χ0v) is 12.4. The van der Waals surface area contributed by atoms with Crippen LogP contribution in [0.3, 0.4) is 0 Å². The predicted octanol–water partition coefficient (Wildman–Crippen LogP) is 4.47. The van der Waals surface area contributed by atoms with Crippen molar-refractivity contribution in [2.75, 3.05) is 7.11 Å². The van der Waals surface area contributed by atoms with Gasteiger partial charge in [0.1, 0.15) is 5.75 Å². The average Bonchev–Trinajstić information content (AvgIpc) is 2.47. The first-order chi connectivity index (χ1) is 9.91. The summed E-state index contributed by atoms with van der Waals surface area (Å²) in [6.45, 7) is 1.91. The van der Waals surface area contributed by atoms with Gasteiger partial charge in [0.15, 0.2) is 0 Å². The van der Waals surface area contributed by atoms with E-state index in [0.29, 0.717) is 12.8 Å². The molecule has 1 saturated carbocycles. The maximum absolute atomic E-state index is 13.1. The number of halogens is 3. The first kappa shape index (κ1) is 16.1. The van der Waals surface area contributed by atoms with Gasteiger partial charge in [-0.25, -0.2) is 0 Å². The Kier molecular flexibility index (Phi) is 5.14. The zero-order valence-electron chi connectivity index (χ0n) is 12.4. The van der Waals surface area contributed by atoms with E-state index >= 15 is 0 Å². The van der Waals surface area contributed by atoms with Crippen LogP contribution >= 0.6 is 0 Å². The minimum absolute atomic E-state index is 0.108. The maximum atomic E-state index is 13.1. The molecular formula is C16H22F3NO. The van der Waals surface area contributed by atoms with Crippen LogP contribution < -0.4 is 10.1 Å². The van der Waals surface area contributed by atoms with Crippen molar-refractivity contribution in [3.05, 3.63) is 29.8 Å². The van der Waals surface area contributed by atoms with Gasteiger partial charge in [0.2, 0.25) is 0 Å². The van der Waals surface area contributed by atoms with Crippen molar-refractivity contribution in [2.24, 2.45) is 5.92 Å². The molecule has 1 aliphatic carbocycles. The highest BCUT2D eigenvalue weighted by Gasteiger charge is 2.45. The number of benzene rings is 1. The number of ether oxygens (including phenoxy) is 1. The number of rotatable bonds is 4. The molecule has 118 valence electrons. The first-order valence-electron chi connectivity index (χ1n) is 7.38. The zero-order chi connectivity index (χ0) is 15.5. The van der Waals surface area contributed by atoms with Gasteiger partial charge in [-0.15, -0.1) is 0 Å². The number of methoxy groups -OCH3 is 1. The van der Waals surface area contributed by atoms with Gasteiger partial charge in [0, 0.05) is 12.1 Å². The van der Waals surface area contributed by atoms with Gasteiger partial charge in [-0.05, 0) is 37.5 Å². The van der Waals surface area contributed by atoms with E-state index in [0.717, 1.165) is 17.7 Å². The molecule has 0 aliphatic heterocycles. The fourth-order valence-electron chi connectivity index (χ4n) is 3.03. The van der Waals surface area contributed by atoms with Crippen LogP contribution in [0.4, 0.5) is 13.2 Å². The Morgan fingerprint density at radius 1 is 1.14 bits per heavy atom. The van der Waals surface area contributed by atoms with Gasteiger partial charge in [0.25, 0.3) is 0 Å². The van der Waals surface area contributed by atoms with E-state index in [1.165, 1.54) is 0 Å². The van der Waals surface area contributed by atoms with Crippen LogP contribution in [0.15, 0.2) is 24.3 Å². The molecule has 0 amide bonds. The van der Waals surface area contributed by atoms with Crippen LogP contribution in [0, 0.1) is 5.92 Å². The van der Waals surface area contributed by atoms with E-state index in [9.17, 15) is 13.2 Å². The standard InChI is InChI=1S/C16H22F3NO/c1-11(12-7-9-13(21-2)10-8-12)20-15-6-4-3-5-14(15)16(17,18)19/h7-11,14-15,20H,3-6H2,1-2H3/t11-,14?,15?/m1/s1. The van der Waals surface area contributed by atoms with E-state index in [-0.39, 0.29) is 12.5 Å². The average molecular weight is 301 g/mol. The highest BCUT2D eigenvalue weighted by Crippen LogP contribution is 2.38. The summed E-state index contributed by atoms with van der Waals surface area (Å²) < 4.78 is 44.4. The van der Waals surface area contributed by atoms with Crippen LogP contribution in [-0.4, -0.2) is 19.3 Å². The second-order valence-corrected chi connectivity index (χ2v) is 5.70. The SMILES string of the molecule is COc1ccc([C@@H](C)NC2CCCCC2C(F)(F)F)cc1. The molecule has 1 aromatic carbocycles. The van der Waals surface area contributed by atoms with E-state index < -0.39 is 18.1 Å². The molecule has 0 bridgehead atoms. The molecule has 2 nitrogen and oxygen atoms in total. The molecule has 1 aromatic rings. The molecule has 0 heterocycles. The molecule has 1 fully saturated rings. The lowest BCUT2D eigenvalue weighted by molar-refractivity contribution is -0.189. The number of nitrogens with one attached hydrogen (secondary N) is 1. The van der Waals surface area contributed by atoms with E-state index in [1.54, 1.807) is 7.11 Å². The van der Waals surface area contributed by atoms with E-state index in [2.05, 4.69) is 5.32 Å². The minimum Gasteiger partial charge on any atom is -0.497 e. The van der Waals surface area contributed by atoms with Crippen LogP contribution in [0.25, 0.3) is 0 Å². The van der Waals surface area contributed by atoms with Gasteiger partial charge < -0.3 is 10.1 Å². The lowest BCUT2D eigenvalue weighted by atomic mass is 9.83. The van der Waals surface area contributed by atoms with Gasteiger partial charge >= 0.3 is 6.18 Å². The summed E-state index contributed by atoms with van der Waals surface area (Å²) in [6.07, 6.45) is -1.77. The summed E-state index contributed by atoms with van der Waals surface area (Å²) in [5, 5.41) is 3.17. The van der Waals surface area contributed by atoms with Crippen LogP contribution in [0.2, 0.25) is 0 Å². The van der Waals surface area contributed by atoms with Gasteiger partial charge in [-0.2, -0.15) is 13.2 Å². The molecule has 0 radical (unpaired) electrons. The maximum Gasteiger partial charge on any atom is 0.393 e. The monoisotopic (exact) mass is 301 g/mol. The van der Waals surface area contributed by atoms with E-state index in [1.807, 2.05) is 31.2 Å². The Balaban J connectivity index is 2.03. The fourth-order valence-corrected chi connectivity index (χ4v) is 3.03. The summed E-state index contributed by atoms with van der Waals surface area (Å²) in [7, 11) is 1.59. The molecule has 0 saturated heterocycles. The van der Waals surface area contributed by atoms with Crippen molar-refractivity contribution in [1.29, 1.82) is 0 Å². The summed E-state index contributed by atoms with van der Waals surface area (Å²) in [5.41, 5.74) is 0.974. The first-order valence-corrected chi connectivity index (χ1v) is 7.38. The van der Waals surface area contributed by atoms with Crippen molar-refractivity contribution < 1.29 is 17.9 Å². The molecule has 0 aromatic heterocycles. The third-order valence-corrected chi connectivity index (χ3v) is 4.27. The van der Waals surface area contributed by atoms with Gasteiger partial charge in [-0.3, -0.25) is 0 Å². The Labute approximate surface area is 123 Å². The largest absolute Gasteiger partial charge is 0.497 e. The van der Waals surface area contributed by atoms with E-state index in [4.69, 9.17) is 4.74 Å².